The van der Waals surface area contributed by atoms with Crippen LogP contribution in [0.4, 0.5) is 13.2 Å². The van der Waals surface area contributed by atoms with E-state index in [0.717, 1.165) is 0 Å². The third-order valence-electron chi connectivity index (χ3n) is 2.10. The van der Waals surface area contributed by atoms with Gasteiger partial charge in [0.15, 0.2) is 0 Å². The van der Waals surface area contributed by atoms with Crippen molar-refractivity contribution in [2.75, 3.05) is 0 Å². The zero-order chi connectivity index (χ0) is 12.9. The Labute approximate surface area is 96.3 Å². The minimum absolute atomic E-state index is 0.00335. The molecule has 0 heterocycles. The molecule has 3 nitrogen and oxygen atoms in total. The third kappa shape index (κ3) is 5.24. The maximum Gasteiger partial charge on any atom is 0.389 e. The van der Waals surface area contributed by atoms with Gasteiger partial charge in [-0.2, -0.15) is 13.2 Å². The summed E-state index contributed by atoms with van der Waals surface area (Å²) in [7, 11) is 0. The number of benzene rings is 1. The monoisotopic (exact) mass is 247 g/mol. The number of amides is 1. The summed E-state index contributed by atoms with van der Waals surface area (Å²) in [6.07, 6.45) is -6.07. The van der Waals surface area contributed by atoms with Crippen LogP contribution < -0.4 is 5.32 Å². The Kier molecular flexibility index (Phi) is 4.37. The Balaban J connectivity index is 2.36. The van der Waals surface area contributed by atoms with Gasteiger partial charge in [-0.05, 0) is 6.07 Å². The highest BCUT2D eigenvalue weighted by Crippen LogP contribution is 2.21. The quantitative estimate of drug-likeness (QED) is 0.858. The smallest absolute Gasteiger partial charge is 0.389 e. The van der Waals surface area contributed by atoms with E-state index in [1.54, 1.807) is 18.2 Å². The summed E-state index contributed by atoms with van der Waals surface area (Å²) in [5.74, 6) is -0.686. The molecule has 1 amide bonds. The van der Waals surface area contributed by atoms with Crippen molar-refractivity contribution in [1.29, 1.82) is 0 Å². The molecule has 0 spiro atoms. The van der Waals surface area contributed by atoms with Crippen molar-refractivity contribution >= 4 is 5.91 Å². The maximum atomic E-state index is 11.8. The van der Waals surface area contributed by atoms with Crippen molar-refractivity contribution in [1.82, 2.24) is 5.32 Å². The van der Waals surface area contributed by atoms with E-state index in [1.807, 2.05) is 0 Å². The standard InChI is InChI=1S/C11H12F3NO2/c12-11(13,14)6-5-10(17)15-7-8-3-1-2-4-9(8)16/h1-4,16H,5-7H2,(H,15,17). The molecule has 0 aromatic heterocycles. The fraction of sp³-hybridized carbons (Fsp3) is 0.364. The number of nitrogens with one attached hydrogen (secondary N) is 1. The van der Waals surface area contributed by atoms with Gasteiger partial charge in [0.05, 0.1) is 6.42 Å². The molecular formula is C11H12F3NO2. The first kappa shape index (κ1) is 13.3. The molecule has 0 aliphatic heterocycles. The normalized spacial score (nSPS) is 11.2. The second-order valence-corrected chi connectivity index (χ2v) is 3.52. The molecule has 1 rings (SSSR count). The highest BCUT2D eigenvalue weighted by molar-refractivity contribution is 5.75. The van der Waals surface area contributed by atoms with Gasteiger partial charge in [-0.3, -0.25) is 4.79 Å². The van der Waals surface area contributed by atoms with Crippen molar-refractivity contribution in [2.45, 2.75) is 25.6 Å². The molecule has 0 bridgehead atoms. The number of alkyl halides is 3. The van der Waals surface area contributed by atoms with Crippen LogP contribution in [0.3, 0.4) is 0 Å². The number of halogens is 3. The van der Waals surface area contributed by atoms with E-state index >= 15 is 0 Å². The van der Waals surface area contributed by atoms with Crippen LogP contribution in [-0.2, 0) is 11.3 Å². The van der Waals surface area contributed by atoms with Gasteiger partial charge in [0, 0.05) is 18.5 Å². The van der Waals surface area contributed by atoms with Crippen LogP contribution in [0.5, 0.6) is 5.75 Å². The topological polar surface area (TPSA) is 49.3 Å². The first-order chi connectivity index (χ1) is 7.88. The van der Waals surface area contributed by atoms with Crippen LogP contribution in [0.2, 0.25) is 0 Å². The zero-order valence-corrected chi connectivity index (χ0v) is 8.92. The van der Waals surface area contributed by atoms with Gasteiger partial charge < -0.3 is 10.4 Å². The molecule has 2 N–H and O–H groups in total. The third-order valence-corrected chi connectivity index (χ3v) is 2.10. The minimum atomic E-state index is -4.33. The van der Waals surface area contributed by atoms with Crippen LogP contribution in [0.25, 0.3) is 0 Å². The summed E-state index contributed by atoms with van der Waals surface area (Å²) >= 11 is 0. The highest BCUT2D eigenvalue weighted by atomic mass is 19.4. The van der Waals surface area contributed by atoms with E-state index in [9.17, 15) is 23.1 Å². The van der Waals surface area contributed by atoms with Gasteiger partial charge in [-0.15, -0.1) is 0 Å². The van der Waals surface area contributed by atoms with Crippen LogP contribution in [-0.4, -0.2) is 17.2 Å². The van der Waals surface area contributed by atoms with Gasteiger partial charge in [0.2, 0.25) is 5.91 Å². The second-order valence-electron chi connectivity index (χ2n) is 3.52. The van der Waals surface area contributed by atoms with Crippen molar-refractivity contribution in [3.05, 3.63) is 29.8 Å². The molecule has 1 aromatic carbocycles. The predicted octanol–water partition coefficient (Wildman–Crippen LogP) is 2.35. The SMILES string of the molecule is O=C(CCC(F)(F)F)NCc1ccccc1O. The van der Waals surface area contributed by atoms with Crippen molar-refractivity contribution in [2.24, 2.45) is 0 Å². The van der Waals surface area contributed by atoms with Crippen molar-refractivity contribution < 1.29 is 23.1 Å². The molecule has 0 saturated heterocycles. The molecule has 0 atom stereocenters. The summed E-state index contributed by atoms with van der Waals surface area (Å²) in [6.45, 7) is 0.0172. The number of para-hydroxylation sites is 1. The first-order valence-electron chi connectivity index (χ1n) is 4.99. The summed E-state index contributed by atoms with van der Waals surface area (Å²) in [4.78, 5) is 11.1. The number of phenolic OH excluding ortho intramolecular Hbond substituents is 1. The second kappa shape index (κ2) is 5.56. The lowest BCUT2D eigenvalue weighted by atomic mass is 10.2. The molecule has 0 unspecified atom stereocenters. The molecule has 0 radical (unpaired) electrons. The number of aromatic hydroxyl groups is 1. The molecule has 0 saturated carbocycles. The molecule has 0 fully saturated rings. The summed E-state index contributed by atoms with van der Waals surface area (Å²) < 4.78 is 35.5. The number of phenols is 1. The van der Waals surface area contributed by atoms with E-state index in [2.05, 4.69) is 5.32 Å². The Hall–Kier alpha value is -1.72. The summed E-state index contributed by atoms with van der Waals surface area (Å²) in [6, 6.07) is 6.30. The molecule has 17 heavy (non-hydrogen) atoms. The lowest BCUT2D eigenvalue weighted by Gasteiger charge is -2.08. The fourth-order valence-corrected chi connectivity index (χ4v) is 1.20. The number of hydrogen-bond donors (Lipinski definition) is 2. The number of carbonyl (C=O) groups excluding carboxylic acids is 1. The van der Waals surface area contributed by atoms with Gasteiger partial charge in [0.1, 0.15) is 5.75 Å². The molecular weight excluding hydrogens is 235 g/mol. The highest BCUT2D eigenvalue weighted by Gasteiger charge is 2.27. The number of hydrogen-bond acceptors (Lipinski definition) is 2. The number of rotatable bonds is 4. The van der Waals surface area contributed by atoms with E-state index in [-0.39, 0.29) is 12.3 Å². The van der Waals surface area contributed by atoms with Crippen molar-refractivity contribution in [3.8, 4) is 5.75 Å². The molecule has 1 aromatic rings. The Morgan fingerprint density at radius 1 is 1.29 bits per heavy atom. The van der Waals surface area contributed by atoms with Crippen LogP contribution in [0, 0.1) is 0 Å². The maximum absolute atomic E-state index is 11.8. The number of carbonyl (C=O) groups is 1. The molecule has 0 aliphatic rings. The lowest BCUT2D eigenvalue weighted by molar-refractivity contribution is -0.144. The Morgan fingerprint density at radius 3 is 2.53 bits per heavy atom. The van der Waals surface area contributed by atoms with Crippen LogP contribution in [0.15, 0.2) is 24.3 Å². The fourth-order valence-electron chi connectivity index (χ4n) is 1.20. The molecule has 6 heteroatoms. The first-order valence-corrected chi connectivity index (χ1v) is 4.99. The Bertz CT molecular complexity index is 391. The molecule has 0 aliphatic carbocycles. The minimum Gasteiger partial charge on any atom is -0.508 e. The van der Waals surface area contributed by atoms with E-state index in [4.69, 9.17) is 0 Å². The van der Waals surface area contributed by atoms with Gasteiger partial charge >= 0.3 is 6.18 Å². The molecule has 94 valence electrons. The van der Waals surface area contributed by atoms with Gasteiger partial charge in [0.25, 0.3) is 0 Å². The van der Waals surface area contributed by atoms with Gasteiger partial charge in [-0.1, -0.05) is 18.2 Å². The Morgan fingerprint density at radius 2 is 1.94 bits per heavy atom. The van der Waals surface area contributed by atoms with E-state index < -0.39 is 24.9 Å². The van der Waals surface area contributed by atoms with Crippen LogP contribution >= 0.6 is 0 Å². The summed E-state index contributed by atoms with van der Waals surface area (Å²) in [5.41, 5.74) is 0.466. The average molecular weight is 247 g/mol. The lowest BCUT2D eigenvalue weighted by Crippen LogP contribution is -2.24. The van der Waals surface area contributed by atoms with E-state index in [1.165, 1.54) is 6.07 Å². The summed E-state index contributed by atoms with van der Waals surface area (Å²) in [5, 5.41) is 11.7. The van der Waals surface area contributed by atoms with Crippen molar-refractivity contribution in [3.63, 3.8) is 0 Å². The zero-order valence-electron chi connectivity index (χ0n) is 8.92. The van der Waals surface area contributed by atoms with Crippen LogP contribution in [0.1, 0.15) is 18.4 Å². The largest absolute Gasteiger partial charge is 0.508 e. The predicted molar refractivity (Wildman–Crippen MR) is 55.2 cm³/mol. The average Bonchev–Trinajstić information content (AvgIpc) is 2.24. The van der Waals surface area contributed by atoms with Gasteiger partial charge in [-0.25, -0.2) is 0 Å². The van der Waals surface area contributed by atoms with E-state index in [0.29, 0.717) is 5.56 Å².